The van der Waals surface area contributed by atoms with Crippen LogP contribution in [-0.2, 0) is 28.6 Å². The Hall–Kier alpha value is -1.59. The van der Waals surface area contributed by atoms with E-state index in [0.29, 0.717) is 19.3 Å². The van der Waals surface area contributed by atoms with Crippen LogP contribution in [0.1, 0.15) is 457 Å². The summed E-state index contributed by atoms with van der Waals surface area (Å²) in [4.78, 5) is 38.1. The van der Waals surface area contributed by atoms with Gasteiger partial charge in [-0.1, -0.05) is 419 Å². The molecule has 0 aromatic rings. The van der Waals surface area contributed by atoms with E-state index in [1.54, 1.807) is 0 Å². The van der Waals surface area contributed by atoms with Crippen LogP contribution >= 0.6 is 0 Å². The fourth-order valence-corrected chi connectivity index (χ4v) is 12.3. The van der Waals surface area contributed by atoms with E-state index >= 15 is 0 Å². The normalized spacial score (nSPS) is 11.9. The van der Waals surface area contributed by atoms with E-state index in [9.17, 15) is 14.4 Å². The van der Waals surface area contributed by atoms with Gasteiger partial charge in [0.15, 0.2) is 6.10 Å². The molecule has 1 unspecified atom stereocenters. The lowest BCUT2D eigenvalue weighted by Crippen LogP contribution is -2.30. The number of ether oxygens (including phenoxy) is 3. The number of carbonyl (C=O) groups excluding carboxylic acids is 3. The van der Waals surface area contributed by atoms with Crippen LogP contribution in [0.5, 0.6) is 0 Å². The number of hydrogen-bond donors (Lipinski definition) is 0. The molecule has 0 aliphatic heterocycles. The Morgan fingerprint density at radius 3 is 0.482 bits per heavy atom. The second-order valence-electron chi connectivity index (χ2n) is 26.6. The van der Waals surface area contributed by atoms with Gasteiger partial charge in [0.1, 0.15) is 13.2 Å². The predicted octanol–water partition coefficient (Wildman–Crippen LogP) is 26.6. The summed E-state index contributed by atoms with van der Waals surface area (Å²) in [6, 6.07) is 0. The van der Waals surface area contributed by atoms with E-state index in [2.05, 4.69) is 20.8 Å². The molecule has 0 saturated carbocycles. The van der Waals surface area contributed by atoms with Gasteiger partial charge in [0.2, 0.25) is 0 Å². The fourth-order valence-electron chi connectivity index (χ4n) is 12.3. The standard InChI is InChI=1S/C77H150O6/c1-4-7-10-13-15-17-19-21-23-25-27-29-31-33-35-37-38-40-41-43-45-47-49-51-53-55-57-59-61-64-67-70-76(79)82-73-74(72-81-75(78)69-66-63-12-9-6-3)83-77(80)71-68-65-62-60-58-56-54-52-50-48-46-44-42-39-36-34-32-30-28-26-24-22-20-18-16-14-11-8-5-2/h74H,4-73H2,1-3H3. The van der Waals surface area contributed by atoms with Gasteiger partial charge in [0.05, 0.1) is 0 Å². The average molecular weight is 1170 g/mol. The van der Waals surface area contributed by atoms with Crippen LogP contribution in [0.2, 0.25) is 0 Å². The molecule has 0 bridgehead atoms. The van der Waals surface area contributed by atoms with Gasteiger partial charge in [-0.15, -0.1) is 0 Å². The minimum Gasteiger partial charge on any atom is -0.462 e. The Kier molecular flexibility index (Phi) is 71.5. The summed E-state index contributed by atoms with van der Waals surface area (Å²) in [7, 11) is 0. The van der Waals surface area contributed by atoms with Gasteiger partial charge in [-0.25, -0.2) is 0 Å². The van der Waals surface area contributed by atoms with E-state index < -0.39 is 6.10 Å². The third-order valence-electron chi connectivity index (χ3n) is 18.1. The summed E-state index contributed by atoms with van der Waals surface area (Å²) < 4.78 is 16.9. The lowest BCUT2D eigenvalue weighted by Gasteiger charge is -2.18. The van der Waals surface area contributed by atoms with Crippen LogP contribution in [-0.4, -0.2) is 37.2 Å². The molecule has 0 saturated heterocycles. The molecule has 0 aromatic carbocycles. The summed E-state index contributed by atoms with van der Waals surface area (Å²) >= 11 is 0. The third kappa shape index (κ3) is 71.1. The van der Waals surface area contributed by atoms with Crippen LogP contribution in [0.3, 0.4) is 0 Å². The van der Waals surface area contributed by atoms with Crippen LogP contribution < -0.4 is 0 Å². The quantitative estimate of drug-likeness (QED) is 0.0343. The summed E-state index contributed by atoms with van der Waals surface area (Å²) in [5.74, 6) is -0.839. The number of carbonyl (C=O) groups is 3. The number of esters is 3. The van der Waals surface area contributed by atoms with Crippen LogP contribution in [0.4, 0.5) is 0 Å². The first-order valence-electron chi connectivity index (χ1n) is 38.5. The SMILES string of the molecule is CCCCCCCCCCCCCCCCCCCCCCCCCCCCCCCCCC(=O)OCC(COC(=O)CCCCCCC)OC(=O)CCCCCCCCCCCCCCCCCCCCCCCCCCCCCCC. The van der Waals surface area contributed by atoms with E-state index in [1.165, 1.54) is 353 Å². The second-order valence-corrected chi connectivity index (χ2v) is 26.6. The second kappa shape index (κ2) is 72.9. The number of hydrogen-bond acceptors (Lipinski definition) is 6. The van der Waals surface area contributed by atoms with Crippen molar-refractivity contribution >= 4 is 17.9 Å². The molecule has 0 aromatic heterocycles. The maximum atomic E-state index is 12.9. The van der Waals surface area contributed by atoms with E-state index in [-0.39, 0.29) is 31.1 Å². The highest BCUT2D eigenvalue weighted by atomic mass is 16.6. The summed E-state index contributed by atoms with van der Waals surface area (Å²) in [5.41, 5.74) is 0. The van der Waals surface area contributed by atoms with Gasteiger partial charge in [-0.2, -0.15) is 0 Å². The van der Waals surface area contributed by atoms with Gasteiger partial charge in [0.25, 0.3) is 0 Å². The molecule has 0 N–H and O–H groups in total. The first kappa shape index (κ1) is 81.4. The molecule has 0 spiro atoms. The minimum absolute atomic E-state index is 0.0620. The molecule has 1 atom stereocenters. The lowest BCUT2D eigenvalue weighted by atomic mass is 10.0. The summed E-state index contributed by atoms with van der Waals surface area (Å²) in [6.07, 6.45) is 88.1. The molecule has 0 rings (SSSR count). The molecule has 0 fully saturated rings. The Morgan fingerprint density at radius 2 is 0.325 bits per heavy atom. The van der Waals surface area contributed by atoms with Crippen molar-refractivity contribution < 1.29 is 28.6 Å². The topological polar surface area (TPSA) is 78.9 Å². The Balaban J connectivity index is 3.84. The maximum absolute atomic E-state index is 12.9. The molecular weight excluding hydrogens is 1020 g/mol. The molecule has 0 aliphatic carbocycles. The van der Waals surface area contributed by atoms with Crippen molar-refractivity contribution in [3.8, 4) is 0 Å². The molecule has 6 nitrogen and oxygen atoms in total. The molecule has 0 radical (unpaired) electrons. The van der Waals surface area contributed by atoms with Gasteiger partial charge in [0, 0.05) is 19.3 Å². The smallest absolute Gasteiger partial charge is 0.306 e. The zero-order valence-corrected chi connectivity index (χ0v) is 57.0. The summed E-state index contributed by atoms with van der Waals surface area (Å²) in [6.45, 7) is 6.66. The molecule has 83 heavy (non-hydrogen) atoms. The van der Waals surface area contributed by atoms with Crippen molar-refractivity contribution in [3.63, 3.8) is 0 Å². The highest BCUT2D eigenvalue weighted by Crippen LogP contribution is 2.20. The molecule has 6 heteroatoms. The Morgan fingerprint density at radius 1 is 0.193 bits per heavy atom. The predicted molar refractivity (Wildman–Crippen MR) is 363 cm³/mol. The molecule has 494 valence electrons. The zero-order valence-electron chi connectivity index (χ0n) is 57.0. The van der Waals surface area contributed by atoms with E-state index in [1.807, 2.05) is 0 Å². The molecule has 0 heterocycles. The lowest BCUT2D eigenvalue weighted by molar-refractivity contribution is -0.167. The number of rotatable bonds is 73. The number of unbranched alkanes of at least 4 members (excludes halogenated alkanes) is 62. The van der Waals surface area contributed by atoms with Gasteiger partial charge >= 0.3 is 17.9 Å². The van der Waals surface area contributed by atoms with Crippen LogP contribution in [0, 0.1) is 0 Å². The van der Waals surface area contributed by atoms with Crippen LogP contribution in [0.25, 0.3) is 0 Å². The fraction of sp³-hybridized carbons (Fsp3) is 0.961. The van der Waals surface area contributed by atoms with E-state index in [4.69, 9.17) is 14.2 Å². The van der Waals surface area contributed by atoms with Crippen molar-refractivity contribution in [2.75, 3.05) is 13.2 Å². The largest absolute Gasteiger partial charge is 0.462 e. The van der Waals surface area contributed by atoms with Crippen molar-refractivity contribution in [2.24, 2.45) is 0 Å². The Labute approximate surface area is 520 Å². The molecule has 0 amide bonds. The monoisotopic (exact) mass is 1170 g/mol. The zero-order chi connectivity index (χ0) is 59.9. The average Bonchev–Trinajstić information content (AvgIpc) is 3.49. The first-order chi connectivity index (χ1) is 41.0. The van der Waals surface area contributed by atoms with Crippen molar-refractivity contribution in [3.05, 3.63) is 0 Å². The maximum Gasteiger partial charge on any atom is 0.306 e. The minimum atomic E-state index is -0.762. The first-order valence-corrected chi connectivity index (χ1v) is 38.5. The molecular formula is C77H150O6. The van der Waals surface area contributed by atoms with Crippen molar-refractivity contribution in [1.82, 2.24) is 0 Å². The van der Waals surface area contributed by atoms with Crippen molar-refractivity contribution in [1.29, 1.82) is 0 Å². The van der Waals surface area contributed by atoms with Gasteiger partial charge in [-0.3, -0.25) is 14.4 Å². The van der Waals surface area contributed by atoms with E-state index in [0.717, 1.165) is 64.2 Å². The van der Waals surface area contributed by atoms with Gasteiger partial charge in [-0.05, 0) is 19.3 Å². The van der Waals surface area contributed by atoms with Crippen molar-refractivity contribution in [2.45, 2.75) is 463 Å². The highest BCUT2D eigenvalue weighted by Gasteiger charge is 2.20. The summed E-state index contributed by atoms with van der Waals surface area (Å²) in [5, 5.41) is 0. The van der Waals surface area contributed by atoms with Crippen LogP contribution in [0.15, 0.2) is 0 Å². The Bertz CT molecular complexity index is 1250. The third-order valence-corrected chi connectivity index (χ3v) is 18.1. The molecule has 0 aliphatic rings. The highest BCUT2D eigenvalue weighted by molar-refractivity contribution is 5.71. The van der Waals surface area contributed by atoms with Gasteiger partial charge < -0.3 is 14.2 Å².